The molecule has 160 valence electrons. The van der Waals surface area contributed by atoms with Gasteiger partial charge in [-0.1, -0.05) is 44.4 Å². The standard InChI is InChI=1S/C24H29NO5/c1-4-5-6-9-16-30-21-14-12-18(17-22(21)28-2)13-15-23(26)25-20-11-8-7-10-19(20)24(27)29-3/h7-8,10-15,17H,4-6,9,16H2,1-3H3,(H,25,26)/b15-13+. The van der Waals surface area contributed by atoms with Gasteiger partial charge in [0.1, 0.15) is 0 Å². The second kappa shape index (κ2) is 12.3. The van der Waals surface area contributed by atoms with E-state index in [1.165, 1.54) is 26.0 Å². The largest absolute Gasteiger partial charge is 0.493 e. The van der Waals surface area contributed by atoms with E-state index in [2.05, 4.69) is 12.2 Å². The van der Waals surface area contributed by atoms with Gasteiger partial charge in [-0.15, -0.1) is 0 Å². The summed E-state index contributed by atoms with van der Waals surface area (Å²) in [6.07, 6.45) is 7.61. The summed E-state index contributed by atoms with van der Waals surface area (Å²) in [4.78, 5) is 24.1. The van der Waals surface area contributed by atoms with Crippen molar-refractivity contribution in [2.75, 3.05) is 26.1 Å². The molecule has 30 heavy (non-hydrogen) atoms. The maximum Gasteiger partial charge on any atom is 0.339 e. The van der Waals surface area contributed by atoms with Crippen molar-refractivity contribution < 1.29 is 23.8 Å². The van der Waals surface area contributed by atoms with E-state index < -0.39 is 5.97 Å². The lowest BCUT2D eigenvalue weighted by Crippen LogP contribution is -2.12. The van der Waals surface area contributed by atoms with E-state index in [1.807, 2.05) is 18.2 Å². The molecule has 0 fully saturated rings. The van der Waals surface area contributed by atoms with Crippen LogP contribution in [0.2, 0.25) is 0 Å². The van der Waals surface area contributed by atoms with Gasteiger partial charge in [0, 0.05) is 6.08 Å². The molecule has 6 heteroatoms. The predicted molar refractivity (Wildman–Crippen MR) is 118 cm³/mol. The molecule has 0 saturated carbocycles. The summed E-state index contributed by atoms with van der Waals surface area (Å²) in [6, 6.07) is 12.2. The Hall–Kier alpha value is -3.28. The molecule has 0 heterocycles. The Kier molecular flexibility index (Phi) is 9.45. The zero-order valence-corrected chi connectivity index (χ0v) is 17.8. The first-order valence-electron chi connectivity index (χ1n) is 10.1. The molecule has 0 unspecified atom stereocenters. The van der Waals surface area contributed by atoms with Crippen LogP contribution >= 0.6 is 0 Å². The number of esters is 1. The van der Waals surface area contributed by atoms with Crippen LogP contribution in [0, 0.1) is 0 Å². The molecule has 6 nitrogen and oxygen atoms in total. The highest BCUT2D eigenvalue weighted by Crippen LogP contribution is 2.29. The Morgan fingerprint density at radius 2 is 1.80 bits per heavy atom. The summed E-state index contributed by atoms with van der Waals surface area (Å²) >= 11 is 0. The van der Waals surface area contributed by atoms with Crippen molar-refractivity contribution in [1.82, 2.24) is 0 Å². The molecule has 0 aromatic heterocycles. The minimum Gasteiger partial charge on any atom is -0.493 e. The molecule has 1 N–H and O–H groups in total. The number of carbonyl (C=O) groups is 2. The normalized spacial score (nSPS) is 10.6. The Morgan fingerprint density at radius 1 is 1.00 bits per heavy atom. The maximum absolute atomic E-state index is 12.3. The number of anilines is 1. The third-order valence-corrected chi connectivity index (χ3v) is 4.46. The van der Waals surface area contributed by atoms with Crippen LogP contribution in [0.3, 0.4) is 0 Å². The number of ether oxygens (including phenoxy) is 3. The first-order valence-corrected chi connectivity index (χ1v) is 10.1. The summed E-state index contributed by atoms with van der Waals surface area (Å²) in [5, 5.41) is 2.70. The van der Waals surface area contributed by atoms with Gasteiger partial charge in [0.2, 0.25) is 5.91 Å². The number of benzene rings is 2. The molecule has 0 aliphatic rings. The summed E-state index contributed by atoms with van der Waals surface area (Å²) in [5.41, 5.74) is 1.48. The molecular weight excluding hydrogens is 382 g/mol. The average Bonchev–Trinajstić information content (AvgIpc) is 2.77. The zero-order valence-electron chi connectivity index (χ0n) is 17.8. The third-order valence-electron chi connectivity index (χ3n) is 4.46. The van der Waals surface area contributed by atoms with Gasteiger partial charge in [-0.2, -0.15) is 0 Å². The number of para-hydroxylation sites is 1. The topological polar surface area (TPSA) is 73.9 Å². The smallest absolute Gasteiger partial charge is 0.339 e. The molecule has 0 aliphatic carbocycles. The zero-order chi connectivity index (χ0) is 21.8. The van der Waals surface area contributed by atoms with Gasteiger partial charge < -0.3 is 19.5 Å². The predicted octanol–water partition coefficient (Wildman–Crippen LogP) is 5.09. The summed E-state index contributed by atoms with van der Waals surface area (Å²) in [7, 11) is 2.88. The quantitative estimate of drug-likeness (QED) is 0.317. The molecule has 0 bridgehead atoms. The van der Waals surface area contributed by atoms with Gasteiger partial charge in [0.25, 0.3) is 0 Å². The van der Waals surface area contributed by atoms with E-state index >= 15 is 0 Å². The highest BCUT2D eigenvalue weighted by atomic mass is 16.5. The van der Waals surface area contributed by atoms with Crippen LogP contribution in [0.15, 0.2) is 48.5 Å². The molecule has 0 aliphatic heterocycles. The van der Waals surface area contributed by atoms with Crippen LogP contribution < -0.4 is 14.8 Å². The van der Waals surface area contributed by atoms with Gasteiger partial charge in [-0.3, -0.25) is 4.79 Å². The fraction of sp³-hybridized carbons (Fsp3) is 0.333. The van der Waals surface area contributed by atoms with E-state index in [9.17, 15) is 9.59 Å². The second-order valence-electron chi connectivity index (χ2n) is 6.68. The van der Waals surface area contributed by atoms with Crippen molar-refractivity contribution in [3.63, 3.8) is 0 Å². The summed E-state index contributed by atoms with van der Waals surface area (Å²) < 4.78 is 16.0. The molecule has 2 aromatic carbocycles. The molecule has 0 atom stereocenters. The number of hydrogen-bond donors (Lipinski definition) is 1. The molecule has 0 saturated heterocycles. The van der Waals surface area contributed by atoms with E-state index in [0.717, 1.165) is 18.4 Å². The van der Waals surface area contributed by atoms with Gasteiger partial charge in [0.15, 0.2) is 11.5 Å². The Bertz CT molecular complexity index is 876. The van der Waals surface area contributed by atoms with Crippen molar-refractivity contribution in [2.45, 2.75) is 32.6 Å². The van der Waals surface area contributed by atoms with Crippen LogP contribution in [0.1, 0.15) is 48.5 Å². The lowest BCUT2D eigenvalue weighted by molar-refractivity contribution is -0.111. The molecule has 1 amide bonds. The molecule has 0 spiro atoms. The van der Waals surface area contributed by atoms with E-state index in [0.29, 0.717) is 29.4 Å². The van der Waals surface area contributed by atoms with Crippen molar-refractivity contribution in [3.8, 4) is 11.5 Å². The average molecular weight is 411 g/mol. The fourth-order valence-corrected chi connectivity index (χ4v) is 2.84. The van der Waals surface area contributed by atoms with Crippen LogP contribution in [0.25, 0.3) is 6.08 Å². The van der Waals surface area contributed by atoms with Gasteiger partial charge in [0.05, 0.1) is 32.1 Å². The first-order chi connectivity index (χ1) is 14.6. The molecule has 2 rings (SSSR count). The highest BCUT2D eigenvalue weighted by Gasteiger charge is 2.12. The van der Waals surface area contributed by atoms with E-state index in [-0.39, 0.29) is 5.91 Å². The Labute approximate surface area is 177 Å². The number of carbonyl (C=O) groups excluding carboxylic acids is 2. The number of nitrogens with one attached hydrogen (secondary N) is 1. The van der Waals surface area contributed by atoms with Crippen LogP contribution in [-0.2, 0) is 9.53 Å². The van der Waals surface area contributed by atoms with Crippen molar-refractivity contribution in [1.29, 1.82) is 0 Å². The Balaban J connectivity index is 2.00. The number of methoxy groups -OCH3 is 2. The van der Waals surface area contributed by atoms with Crippen molar-refractivity contribution >= 4 is 23.6 Å². The highest BCUT2D eigenvalue weighted by molar-refractivity contribution is 6.06. The van der Waals surface area contributed by atoms with Crippen LogP contribution in [-0.4, -0.2) is 32.7 Å². The summed E-state index contributed by atoms with van der Waals surface area (Å²) in [5.74, 6) is 0.429. The van der Waals surface area contributed by atoms with Crippen LogP contribution in [0.4, 0.5) is 5.69 Å². The number of rotatable bonds is 11. The first kappa shape index (κ1) is 23.0. The third kappa shape index (κ3) is 6.95. The summed E-state index contributed by atoms with van der Waals surface area (Å²) in [6.45, 7) is 2.82. The second-order valence-corrected chi connectivity index (χ2v) is 6.68. The van der Waals surface area contributed by atoms with E-state index in [4.69, 9.17) is 14.2 Å². The molecular formula is C24H29NO5. The minimum absolute atomic E-state index is 0.295. The number of hydrogen-bond acceptors (Lipinski definition) is 5. The molecule has 2 aromatic rings. The van der Waals surface area contributed by atoms with Gasteiger partial charge in [-0.05, 0) is 42.3 Å². The van der Waals surface area contributed by atoms with Gasteiger partial charge >= 0.3 is 5.97 Å². The minimum atomic E-state index is -0.509. The van der Waals surface area contributed by atoms with Gasteiger partial charge in [-0.25, -0.2) is 4.79 Å². The number of unbranched alkanes of at least 4 members (excludes halogenated alkanes) is 3. The monoisotopic (exact) mass is 411 g/mol. The number of amides is 1. The fourth-order valence-electron chi connectivity index (χ4n) is 2.84. The van der Waals surface area contributed by atoms with Crippen molar-refractivity contribution in [3.05, 3.63) is 59.7 Å². The lowest BCUT2D eigenvalue weighted by Gasteiger charge is -2.11. The molecule has 0 radical (unpaired) electrons. The van der Waals surface area contributed by atoms with E-state index in [1.54, 1.807) is 37.5 Å². The lowest BCUT2D eigenvalue weighted by atomic mass is 10.1. The Morgan fingerprint density at radius 3 is 2.53 bits per heavy atom. The SMILES string of the molecule is CCCCCCOc1ccc(/C=C/C(=O)Nc2ccccc2C(=O)OC)cc1OC. The van der Waals surface area contributed by atoms with Crippen molar-refractivity contribution in [2.24, 2.45) is 0 Å². The maximum atomic E-state index is 12.3. The van der Waals surface area contributed by atoms with Crippen LogP contribution in [0.5, 0.6) is 11.5 Å².